The lowest BCUT2D eigenvalue weighted by atomic mass is 9.52. The fraction of sp³-hybridized carbons (Fsp3) is 0.414. The highest BCUT2D eigenvalue weighted by Crippen LogP contribution is 2.33. The average Bonchev–Trinajstić information content (AvgIpc) is 3.24. The Labute approximate surface area is 252 Å². The Hall–Kier alpha value is -3.15. The highest BCUT2D eigenvalue weighted by Gasteiger charge is 2.27. The molecule has 4 rings (SSSR count). The second kappa shape index (κ2) is 13.0. The van der Waals surface area contributed by atoms with Crippen molar-refractivity contribution in [3.63, 3.8) is 0 Å². The predicted molar refractivity (Wildman–Crippen MR) is 179 cm³/mol. The van der Waals surface area contributed by atoms with Gasteiger partial charge in [0.15, 0.2) is 0 Å². The van der Waals surface area contributed by atoms with Crippen LogP contribution in [0.5, 0.6) is 5.75 Å². The summed E-state index contributed by atoms with van der Waals surface area (Å²) < 4.78 is 36.2. The number of alkyl halides is 2. The SMILES string of the molecule is BC(B)(B)Oc1cc(C(=O)NC)ccc1NCC#Cc1cc2c(N[C@@H]3CCN(C)C[C@@H]3C)cccc2n1CC(F)(F)P. The van der Waals surface area contributed by atoms with E-state index in [-0.39, 0.29) is 12.5 Å². The monoisotopic (exact) mass is 591 g/mol. The minimum Gasteiger partial charge on any atom is -0.511 e. The van der Waals surface area contributed by atoms with Crippen LogP contribution in [0.15, 0.2) is 42.5 Å². The molecule has 1 aliphatic rings. The minimum atomic E-state index is -2.99. The van der Waals surface area contributed by atoms with Gasteiger partial charge in [-0.3, -0.25) is 4.79 Å². The third-order valence-corrected chi connectivity index (χ3v) is 7.42. The van der Waals surface area contributed by atoms with Crippen molar-refractivity contribution in [1.29, 1.82) is 0 Å². The van der Waals surface area contributed by atoms with Gasteiger partial charge in [0.2, 0.25) is 0 Å². The highest BCUT2D eigenvalue weighted by atomic mass is 31.0. The number of amides is 1. The molecule has 1 aliphatic heterocycles. The zero-order chi connectivity index (χ0) is 30.7. The summed E-state index contributed by atoms with van der Waals surface area (Å²) in [6.45, 7) is 4.00. The molecule has 0 saturated carbocycles. The molecule has 3 N–H and O–H groups in total. The number of piperidine rings is 1. The number of hydrogen-bond donors (Lipinski definition) is 3. The topological polar surface area (TPSA) is 70.6 Å². The van der Waals surface area contributed by atoms with Gasteiger partial charge in [-0.2, -0.15) is 0 Å². The number of carbonyl (C=O) groups excluding carboxylic acids is 1. The first-order valence-corrected chi connectivity index (χ1v) is 14.8. The summed E-state index contributed by atoms with van der Waals surface area (Å²) in [5.74, 6) is 6.99. The number of aromatic nitrogens is 1. The van der Waals surface area contributed by atoms with Crippen LogP contribution in [0.25, 0.3) is 10.9 Å². The normalized spacial score (nSPS) is 17.8. The fourth-order valence-corrected chi connectivity index (χ4v) is 5.49. The van der Waals surface area contributed by atoms with Crippen LogP contribution in [0.4, 0.5) is 20.2 Å². The van der Waals surface area contributed by atoms with E-state index in [2.05, 4.69) is 46.7 Å². The Kier molecular flexibility index (Phi) is 9.85. The summed E-state index contributed by atoms with van der Waals surface area (Å²) >= 11 is 0. The number of benzene rings is 2. The van der Waals surface area contributed by atoms with Crippen molar-refractivity contribution < 1.29 is 18.3 Å². The van der Waals surface area contributed by atoms with Crippen molar-refractivity contribution in [3.8, 4) is 17.6 Å². The van der Waals surface area contributed by atoms with Crippen LogP contribution >= 0.6 is 9.24 Å². The quantitative estimate of drug-likeness (QED) is 0.201. The molecule has 13 heteroatoms. The first kappa shape index (κ1) is 31.8. The summed E-state index contributed by atoms with van der Waals surface area (Å²) in [6.07, 6.45) is 1.02. The van der Waals surface area contributed by atoms with E-state index in [1.54, 1.807) is 39.1 Å². The minimum absolute atomic E-state index is 0.210. The summed E-state index contributed by atoms with van der Waals surface area (Å²) in [5.41, 5.74) is 0.337. The predicted octanol–water partition coefficient (Wildman–Crippen LogP) is 1.57. The van der Waals surface area contributed by atoms with Gasteiger partial charge < -0.3 is 30.2 Å². The van der Waals surface area contributed by atoms with Gasteiger partial charge in [0.1, 0.15) is 29.3 Å². The van der Waals surface area contributed by atoms with E-state index in [1.807, 2.05) is 47.8 Å². The molecule has 0 aliphatic carbocycles. The van der Waals surface area contributed by atoms with Crippen molar-refractivity contribution in [2.45, 2.75) is 36.9 Å². The number of fused-ring (bicyclic) bond motifs is 1. The van der Waals surface area contributed by atoms with Crippen LogP contribution < -0.4 is 20.7 Å². The van der Waals surface area contributed by atoms with Crippen molar-refractivity contribution in [2.24, 2.45) is 5.92 Å². The van der Waals surface area contributed by atoms with Gasteiger partial charge in [-0.25, -0.2) is 8.78 Å². The van der Waals surface area contributed by atoms with Crippen LogP contribution in [0.3, 0.4) is 0 Å². The second-order valence-corrected chi connectivity index (χ2v) is 12.9. The molecule has 3 atom stereocenters. The Morgan fingerprint density at radius 1 is 1.19 bits per heavy atom. The molecule has 2 aromatic carbocycles. The van der Waals surface area contributed by atoms with Gasteiger partial charge in [-0.05, 0) is 68.2 Å². The molecular formula is C29H39B3F2N5O2P. The molecule has 42 heavy (non-hydrogen) atoms. The van der Waals surface area contributed by atoms with E-state index in [1.165, 1.54) is 0 Å². The number of likely N-dealkylation sites (tertiary alicyclic amines) is 1. The Balaban J connectivity index is 1.61. The number of ether oxygens (including phenoxy) is 1. The van der Waals surface area contributed by atoms with Crippen LogP contribution in [-0.2, 0) is 6.54 Å². The maximum atomic E-state index is 14.3. The first-order valence-electron chi connectivity index (χ1n) is 14.3. The van der Waals surface area contributed by atoms with E-state index in [0.717, 1.165) is 30.6 Å². The zero-order valence-electron chi connectivity index (χ0n) is 25.3. The molecular weight excluding hydrogens is 552 g/mol. The molecule has 1 saturated heterocycles. The Morgan fingerprint density at radius 3 is 2.62 bits per heavy atom. The van der Waals surface area contributed by atoms with Crippen LogP contribution in [-0.4, -0.2) is 89.6 Å². The molecule has 0 bridgehead atoms. The van der Waals surface area contributed by atoms with Gasteiger partial charge in [-0.1, -0.05) is 28.2 Å². The van der Waals surface area contributed by atoms with Gasteiger partial charge in [-0.15, -0.1) is 0 Å². The third kappa shape index (κ3) is 8.23. The molecule has 1 unspecified atom stereocenters. The van der Waals surface area contributed by atoms with Gasteiger partial charge in [0.05, 0.1) is 30.0 Å². The van der Waals surface area contributed by atoms with Gasteiger partial charge in [0, 0.05) is 41.6 Å². The summed E-state index contributed by atoms with van der Waals surface area (Å²) in [5, 5.41) is 9.97. The smallest absolute Gasteiger partial charge is 0.276 e. The maximum Gasteiger partial charge on any atom is 0.276 e. The Bertz CT molecular complexity index is 1500. The van der Waals surface area contributed by atoms with Crippen LogP contribution in [0, 0.1) is 17.8 Å². The number of carbonyl (C=O) groups is 1. The maximum absolute atomic E-state index is 14.3. The lowest BCUT2D eigenvalue weighted by Crippen LogP contribution is -2.43. The first-order chi connectivity index (χ1) is 19.7. The number of anilines is 2. The van der Waals surface area contributed by atoms with E-state index >= 15 is 0 Å². The largest absolute Gasteiger partial charge is 0.511 e. The van der Waals surface area contributed by atoms with Crippen molar-refractivity contribution in [2.75, 3.05) is 44.4 Å². The number of nitrogens with zero attached hydrogens (tertiary/aromatic N) is 2. The number of hydrogen-bond acceptors (Lipinski definition) is 5. The molecule has 1 aromatic heterocycles. The van der Waals surface area contributed by atoms with Crippen molar-refractivity contribution >= 4 is 61.0 Å². The highest BCUT2D eigenvalue weighted by molar-refractivity contribution is 7.18. The molecule has 0 spiro atoms. The van der Waals surface area contributed by atoms with E-state index < -0.39 is 17.5 Å². The number of rotatable bonds is 9. The molecule has 2 heterocycles. The van der Waals surface area contributed by atoms with Gasteiger partial charge >= 0.3 is 0 Å². The van der Waals surface area contributed by atoms with Crippen LogP contribution in [0.2, 0.25) is 0 Å². The lowest BCUT2D eigenvalue weighted by molar-refractivity contribution is 0.0851. The molecule has 1 amide bonds. The Morgan fingerprint density at radius 2 is 1.95 bits per heavy atom. The van der Waals surface area contributed by atoms with Gasteiger partial charge in [0.25, 0.3) is 11.6 Å². The number of halogens is 2. The molecule has 7 nitrogen and oxygen atoms in total. The molecule has 220 valence electrons. The average molecular weight is 591 g/mol. The molecule has 1 fully saturated rings. The second-order valence-electron chi connectivity index (χ2n) is 12.1. The standard InChI is InChI=1S/C29H39B3F2N5O2P/c1-18-16-38(3)13-11-22(18)37-23-7-4-8-25-21(23)15-20(39(25)17-28(33,34)42)6-5-12-36-24-10-9-19(27(40)35-2)14-26(24)41-29(30,31)32/h4,7-10,14-15,18,22,36-37H,11-13,16-17,30-32,42H2,1-3H3,(H,35,40)/t18-,22+/m0/s1. The number of nitrogens with one attached hydrogen (secondary N) is 3. The molecule has 0 radical (unpaired) electrons. The van der Waals surface area contributed by atoms with Crippen molar-refractivity contribution in [1.82, 2.24) is 14.8 Å². The van der Waals surface area contributed by atoms with E-state index in [0.29, 0.717) is 40.2 Å². The third-order valence-electron chi connectivity index (χ3n) is 7.23. The van der Waals surface area contributed by atoms with E-state index in [4.69, 9.17) is 4.74 Å². The van der Waals surface area contributed by atoms with Crippen LogP contribution in [0.1, 0.15) is 29.4 Å². The fourth-order valence-electron chi connectivity index (χ4n) is 5.31. The van der Waals surface area contributed by atoms with Crippen molar-refractivity contribution in [3.05, 3.63) is 53.7 Å². The lowest BCUT2D eigenvalue weighted by Gasteiger charge is -2.36. The zero-order valence-corrected chi connectivity index (χ0v) is 26.4. The summed E-state index contributed by atoms with van der Waals surface area (Å²) in [4.78, 5) is 14.5. The summed E-state index contributed by atoms with van der Waals surface area (Å²) in [7, 11) is 11.1. The van der Waals surface area contributed by atoms with E-state index in [9.17, 15) is 13.6 Å². The molecule has 3 aromatic rings. The summed E-state index contributed by atoms with van der Waals surface area (Å²) in [6, 6.07) is 13.2.